The first-order chi connectivity index (χ1) is 6.18. The zero-order chi connectivity index (χ0) is 9.42. The van der Waals surface area contributed by atoms with Gasteiger partial charge in [-0.3, -0.25) is 4.98 Å². The number of pyridine rings is 1. The summed E-state index contributed by atoms with van der Waals surface area (Å²) < 4.78 is 1.57. The molecule has 4 heteroatoms. The molecule has 2 rings (SSSR count). The van der Waals surface area contributed by atoms with Crippen LogP contribution in [-0.2, 0) is 0 Å². The third-order valence-electron chi connectivity index (χ3n) is 1.75. The highest BCUT2D eigenvalue weighted by atomic mass is 79.9. The third kappa shape index (κ3) is 1.56. The summed E-state index contributed by atoms with van der Waals surface area (Å²) in [5.74, 6) is 0.229. The maximum absolute atomic E-state index is 9.42. The van der Waals surface area contributed by atoms with Gasteiger partial charge in [-0.15, -0.1) is 0 Å². The Labute approximate surface area is 91.9 Å². The predicted molar refractivity (Wildman–Crippen MR) is 58.8 cm³/mol. The highest BCUT2D eigenvalue weighted by Gasteiger charge is 2.04. The molecule has 1 aromatic heterocycles. The Balaban J connectivity index is 2.89. The van der Waals surface area contributed by atoms with E-state index in [4.69, 9.17) is 0 Å². The Morgan fingerprint density at radius 2 is 2.00 bits per heavy atom. The second kappa shape index (κ2) is 3.27. The first-order valence-electron chi connectivity index (χ1n) is 3.61. The molecule has 0 atom stereocenters. The fraction of sp³-hybridized carbons (Fsp3) is 0. The highest BCUT2D eigenvalue weighted by molar-refractivity contribution is 9.11. The normalized spacial score (nSPS) is 10.6. The molecule has 1 aromatic carbocycles. The molecule has 1 heterocycles. The third-order valence-corrected chi connectivity index (χ3v) is 3.01. The van der Waals surface area contributed by atoms with Crippen LogP contribution < -0.4 is 0 Å². The van der Waals surface area contributed by atoms with E-state index in [1.165, 1.54) is 0 Å². The van der Waals surface area contributed by atoms with Crippen LogP contribution >= 0.6 is 31.9 Å². The molecular weight excluding hydrogens is 298 g/mol. The molecular formula is C9H5Br2NO. The largest absolute Gasteiger partial charge is 0.507 e. The molecule has 2 aromatic rings. The number of phenolic OH excluding ortho intramolecular Hbond substituents is 1. The van der Waals surface area contributed by atoms with Crippen molar-refractivity contribution in [3.8, 4) is 5.75 Å². The lowest BCUT2D eigenvalue weighted by Gasteiger charge is -2.02. The van der Waals surface area contributed by atoms with Gasteiger partial charge in [-0.05, 0) is 50.1 Å². The van der Waals surface area contributed by atoms with E-state index in [0.29, 0.717) is 4.47 Å². The second-order valence-electron chi connectivity index (χ2n) is 2.62. The maximum Gasteiger partial charge on any atom is 0.130 e. The van der Waals surface area contributed by atoms with Crippen LogP contribution in [0.1, 0.15) is 0 Å². The molecule has 1 N–H and O–H groups in total. The fourth-order valence-corrected chi connectivity index (χ4v) is 1.91. The van der Waals surface area contributed by atoms with Gasteiger partial charge in [-0.1, -0.05) is 0 Å². The molecule has 0 saturated carbocycles. The number of hydrogen-bond donors (Lipinski definition) is 1. The van der Waals surface area contributed by atoms with Gasteiger partial charge in [0, 0.05) is 16.1 Å². The number of nitrogens with zero attached hydrogens (tertiary/aromatic N) is 1. The standard InChI is InChI=1S/C9H5Br2NO/c10-5-3-6-7(12-4-5)1-2-8(13)9(6)11/h1-4,13H. The van der Waals surface area contributed by atoms with E-state index in [9.17, 15) is 5.11 Å². The Morgan fingerprint density at radius 1 is 1.23 bits per heavy atom. The minimum Gasteiger partial charge on any atom is -0.507 e. The molecule has 0 bridgehead atoms. The van der Waals surface area contributed by atoms with Gasteiger partial charge in [-0.25, -0.2) is 0 Å². The molecule has 0 spiro atoms. The predicted octanol–water partition coefficient (Wildman–Crippen LogP) is 3.47. The average Bonchev–Trinajstić information content (AvgIpc) is 2.12. The number of fused-ring (bicyclic) bond motifs is 1. The number of aromatic hydroxyl groups is 1. The lowest BCUT2D eigenvalue weighted by molar-refractivity contribution is 0.473. The minimum atomic E-state index is 0.229. The summed E-state index contributed by atoms with van der Waals surface area (Å²) in [6.07, 6.45) is 1.73. The van der Waals surface area contributed by atoms with Crippen molar-refractivity contribution in [3.05, 3.63) is 33.3 Å². The number of rotatable bonds is 0. The number of aromatic nitrogens is 1. The second-order valence-corrected chi connectivity index (χ2v) is 4.33. The van der Waals surface area contributed by atoms with Crippen molar-refractivity contribution in [2.75, 3.05) is 0 Å². The van der Waals surface area contributed by atoms with Crippen LogP contribution in [-0.4, -0.2) is 10.1 Å². The van der Waals surface area contributed by atoms with Crippen LogP contribution in [0, 0.1) is 0 Å². The van der Waals surface area contributed by atoms with E-state index in [-0.39, 0.29) is 5.75 Å². The van der Waals surface area contributed by atoms with Gasteiger partial charge >= 0.3 is 0 Å². The Bertz CT molecular complexity index is 465. The summed E-state index contributed by atoms with van der Waals surface area (Å²) in [5, 5.41) is 10.3. The molecule has 2 nitrogen and oxygen atoms in total. The zero-order valence-corrected chi connectivity index (χ0v) is 9.63. The monoisotopic (exact) mass is 301 g/mol. The Kier molecular flexibility index (Phi) is 2.26. The van der Waals surface area contributed by atoms with E-state index in [1.807, 2.05) is 6.07 Å². The van der Waals surface area contributed by atoms with Crippen molar-refractivity contribution in [3.63, 3.8) is 0 Å². The molecule has 0 aliphatic rings. The molecule has 13 heavy (non-hydrogen) atoms. The van der Waals surface area contributed by atoms with Crippen LogP contribution in [0.3, 0.4) is 0 Å². The SMILES string of the molecule is Oc1ccc2ncc(Br)cc2c1Br. The lowest BCUT2D eigenvalue weighted by Crippen LogP contribution is -1.80. The Morgan fingerprint density at radius 3 is 2.77 bits per heavy atom. The molecule has 66 valence electrons. The summed E-state index contributed by atoms with van der Waals surface area (Å²) in [6, 6.07) is 5.31. The number of halogens is 2. The summed E-state index contributed by atoms with van der Waals surface area (Å²) in [7, 11) is 0. The Hall–Kier alpha value is -0.610. The zero-order valence-electron chi connectivity index (χ0n) is 6.46. The summed E-state index contributed by atoms with van der Waals surface area (Å²) in [6.45, 7) is 0. The van der Waals surface area contributed by atoms with E-state index >= 15 is 0 Å². The van der Waals surface area contributed by atoms with Crippen molar-refractivity contribution in [2.45, 2.75) is 0 Å². The first kappa shape index (κ1) is 8.97. The molecule has 0 aliphatic heterocycles. The molecule has 0 amide bonds. The van der Waals surface area contributed by atoms with Crippen LogP contribution in [0.25, 0.3) is 10.9 Å². The van der Waals surface area contributed by atoms with Gasteiger partial charge in [0.05, 0.1) is 9.99 Å². The summed E-state index contributed by atoms with van der Waals surface area (Å²) in [5.41, 5.74) is 0.855. The summed E-state index contributed by atoms with van der Waals surface area (Å²) >= 11 is 6.63. The summed E-state index contributed by atoms with van der Waals surface area (Å²) in [4.78, 5) is 4.19. The van der Waals surface area contributed by atoms with Gasteiger partial charge in [-0.2, -0.15) is 0 Å². The molecule has 0 aliphatic carbocycles. The van der Waals surface area contributed by atoms with Crippen LogP contribution in [0.5, 0.6) is 5.75 Å². The number of hydrogen-bond acceptors (Lipinski definition) is 2. The minimum absolute atomic E-state index is 0.229. The van der Waals surface area contributed by atoms with E-state index < -0.39 is 0 Å². The van der Waals surface area contributed by atoms with Crippen molar-refractivity contribution in [1.82, 2.24) is 4.98 Å². The van der Waals surface area contributed by atoms with Crippen LogP contribution in [0.4, 0.5) is 0 Å². The van der Waals surface area contributed by atoms with E-state index in [1.54, 1.807) is 18.3 Å². The van der Waals surface area contributed by atoms with Crippen molar-refractivity contribution >= 4 is 42.8 Å². The highest BCUT2D eigenvalue weighted by Crippen LogP contribution is 2.32. The molecule has 0 radical (unpaired) electrons. The van der Waals surface area contributed by atoms with Gasteiger partial charge in [0.15, 0.2) is 0 Å². The van der Waals surface area contributed by atoms with Crippen LogP contribution in [0.2, 0.25) is 0 Å². The van der Waals surface area contributed by atoms with Crippen molar-refractivity contribution in [1.29, 1.82) is 0 Å². The topological polar surface area (TPSA) is 33.1 Å². The van der Waals surface area contributed by atoms with Crippen molar-refractivity contribution in [2.24, 2.45) is 0 Å². The quantitative estimate of drug-likeness (QED) is 0.808. The maximum atomic E-state index is 9.42. The van der Waals surface area contributed by atoms with Gasteiger partial charge in [0.2, 0.25) is 0 Å². The van der Waals surface area contributed by atoms with Crippen molar-refractivity contribution < 1.29 is 5.11 Å². The average molecular weight is 303 g/mol. The fourth-order valence-electron chi connectivity index (χ4n) is 1.13. The molecule has 0 saturated heterocycles. The first-order valence-corrected chi connectivity index (χ1v) is 5.20. The van der Waals surface area contributed by atoms with Gasteiger partial charge in [0.1, 0.15) is 5.75 Å². The van der Waals surface area contributed by atoms with Gasteiger partial charge in [0.25, 0.3) is 0 Å². The van der Waals surface area contributed by atoms with E-state index in [0.717, 1.165) is 15.4 Å². The smallest absolute Gasteiger partial charge is 0.130 e. The molecule has 0 fully saturated rings. The van der Waals surface area contributed by atoms with Crippen LogP contribution in [0.15, 0.2) is 33.3 Å². The van der Waals surface area contributed by atoms with E-state index in [2.05, 4.69) is 36.8 Å². The number of phenols is 1. The number of benzene rings is 1. The lowest BCUT2D eigenvalue weighted by atomic mass is 10.2. The molecule has 0 unspecified atom stereocenters. The van der Waals surface area contributed by atoms with Gasteiger partial charge < -0.3 is 5.11 Å².